The van der Waals surface area contributed by atoms with Crippen LogP contribution >= 0.6 is 0 Å². The van der Waals surface area contributed by atoms with Crippen molar-refractivity contribution in [2.24, 2.45) is 0 Å². The van der Waals surface area contributed by atoms with Gasteiger partial charge in [-0.1, -0.05) is 30.3 Å². The molecule has 0 fully saturated rings. The summed E-state index contributed by atoms with van der Waals surface area (Å²) in [6, 6.07) is 17.5. The Labute approximate surface area is 239 Å². The Morgan fingerprint density at radius 3 is 2.24 bits per heavy atom. The normalized spacial score (nSPS) is 13.4. The van der Waals surface area contributed by atoms with E-state index in [2.05, 4.69) is 5.32 Å². The molecule has 1 N–H and O–H groups in total. The van der Waals surface area contributed by atoms with E-state index in [0.717, 1.165) is 22.0 Å². The molecule has 3 aromatic carbocycles. The van der Waals surface area contributed by atoms with Gasteiger partial charge in [0.1, 0.15) is 31.6 Å². The quantitative estimate of drug-likeness (QED) is 0.369. The van der Waals surface area contributed by atoms with Gasteiger partial charge in [0.2, 0.25) is 11.8 Å². The molecule has 11 heteroatoms. The van der Waals surface area contributed by atoms with Crippen LogP contribution in [0.15, 0.2) is 77.7 Å². The molecule has 2 amide bonds. The van der Waals surface area contributed by atoms with Crippen molar-refractivity contribution in [1.29, 1.82) is 0 Å². The summed E-state index contributed by atoms with van der Waals surface area (Å²) in [6.07, 6.45) is 0.456. The zero-order valence-electron chi connectivity index (χ0n) is 23.2. The van der Waals surface area contributed by atoms with Crippen LogP contribution in [0.4, 0.5) is 10.1 Å². The average molecular weight is 584 g/mol. The molecule has 1 atom stereocenters. The summed E-state index contributed by atoms with van der Waals surface area (Å²) in [5, 5.41) is 2.82. The van der Waals surface area contributed by atoms with Crippen molar-refractivity contribution >= 4 is 27.5 Å². The van der Waals surface area contributed by atoms with Crippen molar-refractivity contribution in [2.45, 2.75) is 44.2 Å². The number of hydrogen-bond donors (Lipinski definition) is 1. The third kappa shape index (κ3) is 7.35. The Morgan fingerprint density at radius 2 is 1.59 bits per heavy atom. The van der Waals surface area contributed by atoms with E-state index in [1.54, 1.807) is 6.92 Å². The third-order valence-corrected chi connectivity index (χ3v) is 8.35. The van der Waals surface area contributed by atoms with Crippen molar-refractivity contribution in [3.63, 3.8) is 0 Å². The standard InChI is InChI=1S/C30H34FN3O6S/c1-21(2)32-30(36)22(3)33(16-15-23-7-5-4-6-8-23)29(35)20-34(25-11-9-24(31)10-12-25)41(37,38)26-13-14-27-28(19-26)40-18-17-39-27/h4-14,19,21-22H,15-18,20H2,1-3H3,(H,32,36)/t22-/m1/s1. The van der Waals surface area contributed by atoms with Gasteiger partial charge in [0.25, 0.3) is 10.0 Å². The SMILES string of the molecule is CC(C)NC(=O)[C@@H](C)N(CCc1ccccc1)C(=O)CN(c1ccc(F)cc1)S(=O)(=O)c1ccc2c(c1)OCCO2. The highest BCUT2D eigenvalue weighted by molar-refractivity contribution is 7.92. The summed E-state index contributed by atoms with van der Waals surface area (Å²) in [5.74, 6) is -0.815. The van der Waals surface area contributed by atoms with Crippen molar-refractivity contribution < 1.29 is 31.9 Å². The highest BCUT2D eigenvalue weighted by Gasteiger charge is 2.33. The molecule has 0 spiro atoms. The predicted octanol–water partition coefficient (Wildman–Crippen LogP) is 3.78. The molecule has 0 unspecified atom stereocenters. The Morgan fingerprint density at radius 1 is 0.927 bits per heavy atom. The van der Waals surface area contributed by atoms with Gasteiger partial charge < -0.3 is 19.7 Å². The van der Waals surface area contributed by atoms with E-state index < -0.39 is 34.3 Å². The molecular weight excluding hydrogens is 549 g/mol. The number of sulfonamides is 1. The van der Waals surface area contributed by atoms with Crippen LogP contribution in [0, 0.1) is 5.82 Å². The zero-order valence-corrected chi connectivity index (χ0v) is 24.1. The Hall–Kier alpha value is -4.12. The number of amides is 2. The molecule has 1 heterocycles. The minimum Gasteiger partial charge on any atom is -0.486 e. The lowest BCUT2D eigenvalue weighted by Crippen LogP contribution is -2.53. The maximum Gasteiger partial charge on any atom is 0.264 e. The third-order valence-electron chi connectivity index (χ3n) is 6.58. The van der Waals surface area contributed by atoms with Gasteiger partial charge in [-0.3, -0.25) is 13.9 Å². The molecule has 9 nitrogen and oxygen atoms in total. The largest absolute Gasteiger partial charge is 0.486 e. The van der Waals surface area contributed by atoms with Gasteiger partial charge in [-0.2, -0.15) is 0 Å². The number of ether oxygens (including phenoxy) is 2. The van der Waals surface area contributed by atoms with Gasteiger partial charge in [-0.05, 0) is 69.2 Å². The molecule has 0 aliphatic carbocycles. The summed E-state index contributed by atoms with van der Waals surface area (Å²) in [4.78, 5) is 28.1. The molecule has 0 saturated carbocycles. The molecule has 0 saturated heterocycles. The molecule has 218 valence electrons. The monoisotopic (exact) mass is 583 g/mol. The van der Waals surface area contributed by atoms with Crippen LogP contribution in [0.2, 0.25) is 0 Å². The van der Waals surface area contributed by atoms with Crippen molar-refractivity contribution in [3.05, 3.63) is 84.2 Å². The molecule has 0 radical (unpaired) electrons. The number of anilines is 1. The molecule has 41 heavy (non-hydrogen) atoms. The number of nitrogens with zero attached hydrogens (tertiary/aromatic N) is 2. The fourth-order valence-electron chi connectivity index (χ4n) is 4.42. The van der Waals surface area contributed by atoms with E-state index >= 15 is 0 Å². The molecule has 0 aromatic heterocycles. The van der Waals surface area contributed by atoms with Crippen molar-refractivity contribution in [1.82, 2.24) is 10.2 Å². The molecule has 1 aliphatic rings. The van der Waals surface area contributed by atoms with E-state index in [4.69, 9.17) is 9.47 Å². The maximum atomic E-state index is 14.0. The zero-order chi connectivity index (χ0) is 29.6. The van der Waals surface area contributed by atoms with Gasteiger partial charge in [0, 0.05) is 18.7 Å². The highest BCUT2D eigenvalue weighted by atomic mass is 32.2. The summed E-state index contributed by atoms with van der Waals surface area (Å²) in [6.45, 7) is 5.42. The minimum absolute atomic E-state index is 0.0944. The summed E-state index contributed by atoms with van der Waals surface area (Å²) < 4.78 is 53.7. The second-order valence-corrected chi connectivity index (χ2v) is 11.8. The lowest BCUT2D eigenvalue weighted by atomic mass is 10.1. The fourth-order valence-corrected chi connectivity index (χ4v) is 5.85. The first kappa shape index (κ1) is 29.9. The van der Waals surface area contributed by atoms with Crippen molar-refractivity contribution in [2.75, 3.05) is 30.6 Å². The number of nitrogens with one attached hydrogen (secondary N) is 1. The van der Waals surface area contributed by atoms with Crippen molar-refractivity contribution in [3.8, 4) is 11.5 Å². The van der Waals surface area contributed by atoms with E-state index in [1.807, 2.05) is 44.2 Å². The van der Waals surface area contributed by atoms with Crippen LogP contribution in [0.25, 0.3) is 0 Å². The van der Waals surface area contributed by atoms with Gasteiger partial charge in [0.15, 0.2) is 11.5 Å². The number of benzene rings is 3. The number of rotatable bonds is 11. The Balaban J connectivity index is 1.68. The van der Waals surface area contributed by atoms with Gasteiger partial charge in [0.05, 0.1) is 10.6 Å². The maximum absolute atomic E-state index is 14.0. The molecule has 3 aromatic rings. The summed E-state index contributed by atoms with van der Waals surface area (Å²) >= 11 is 0. The Kier molecular flexibility index (Phi) is 9.49. The topological polar surface area (TPSA) is 105 Å². The lowest BCUT2D eigenvalue weighted by Gasteiger charge is -2.32. The lowest BCUT2D eigenvalue weighted by molar-refractivity contribution is -0.139. The van der Waals surface area contributed by atoms with E-state index in [-0.39, 0.29) is 41.4 Å². The predicted molar refractivity (Wildman–Crippen MR) is 153 cm³/mol. The number of fused-ring (bicyclic) bond motifs is 1. The number of carbonyl (C=O) groups is 2. The molecule has 4 rings (SSSR count). The van der Waals surface area contributed by atoms with Crippen LogP contribution < -0.4 is 19.1 Å². The molecular formula is C30H34FN3O6S. The van der Waals surface area contributed by atoms with Crippen LogP contribution in [0.5, 0.6) is 11.5 Å². The average Bonchev–Trinajstić information content (AvgIpc) is 2.96. The molecule has 0 bridgehead atoms. The molecule has 1 aliphatic heterocycles. The second-order valence-electron chi connectivity index (χ2n) is 9.96. The Bertz CT molecular complexity index is 1470. The van der Waals surface area contributed by atoms with E-state index in [9.17, 15) is 22.4 Å². The number of carbonyl (C=O) groups excluding carboxylic acids is 2. The first-order valence-electron chi connectivity index (χ1n) is 13.4. The van der Waals surface area contributed by atoms with Crippen LogP contribution in [0.1, 0.15) is 26.3 Å². The van der Waals surface area contributed by atoms with E-state index in [1.165, 1.54) is 35.2 Å². The first-order chi connectivity index (χ1) is 19.6. The number of halogens is 1. The van der Waals surface area contributed by atoms with Gasteiger partial charge in [-0.25, -0.2) is 12.8 Å². The van der Waals surface area contributed by atoms with Gasteiger partial charge in [-0.15, -0.1) is 0 Å². The van der Waals surface area contributed by atoms with Crippen LogP contribution in [0.3, 0.4) is 0 Å². The van der Waals surface area contributed by atoms with Crippen LogP contribution in [-0.2, 0) is 26.0 Å². The summed E-state index contributed by atoms with van der Waals surface area (Å²) in [5.41, 5.74) is 1.05. The smallest absolute Gasteiger partial charge is 0.264 e. The first-order valence-corrected chi connectivity index (χ1v) is 14.8. The van der Waals surface area contributed by atoms with Gasteiger partial charge >= 0.3 is 0 Å². The second kappa shape index (κ2) is 13.0. The highest BCUT2D eigenvalue weighted by Crippen LogP contribution is 2.34. The minimum atomic E-state index is -4.33. The fraction of sp³-hybridized carbons (Fsp3) is 0.333. The summed E-state index contributed by atoms with van der Waals surface area (Å²) in [7, 11) is -4.33. The number of hydrogen-bond acceptors (Lipinski definition) is 6. The van der Waals surface area contributed by atoms with E-state index in [0.29, 0.717) is 18.8 Å². The van der Waals surface area contributed by atoms with Crippen LogP contribution in [-0.4, -0.2) is 63.5 Å².